The number of methoxy groups -OCH3 is 1. The summed E-state index contributed by atoms with van der Waals surface area (Å²) in [6.45, 7) is 4.21. The van der Waals surface area contributed by atoms with E-state index < -0.39 is 23.8 Å². The second kappa shape index (κ2) is 12.0. The molecule has 0 bridgehead atoms. The molecule has 0 radical (unpaired) electrons. The Bertz CT molecular complexity index is 1480. The molecule has 0 unspecified atom stereocenters. The predicted molar refractivity (Wildman–Crippen MR) is 148 cm³/mol. The van der Waals surface area contributed by atoms with E-state index in [9.17, 15) is 19.2 Å². The molecular weight excluding hydrogens is 568 g/mol. The van der Waals surface area contributed by atoms with Crippen molar-refractivity contribution in [1.29, 1.82) is 0 Å². The number of anilines is 1. The third-order valence-electron chi connectivity index (χ3n) is 5.77. The molecule has 10 heteroatoms. The van der Waals surface area contributed by atoms with E-state index in [1.54, 1.807) is 19.1 Å². The van der Waals surface area contributed by atoms with Crippen LogP contribution in [0, 0.1) is 6.92 Å². The van der Waals surface area contributed by atoms with Crippen molar-refractivity contribution in [3.8, 4) is 11.5 Å². The smallest absolute Gasteiger partial charge is 0.338 e. The molecule has 4 rings (SSSR count). The number of benzene rings is 3. The lowest BCUT2D eigenvalue weighted by atomic mass is 10.1. The molecule has 39 heavy (non-hydrogen) atoms. The molecule has 1 fully saturated rings. The van der Waals surface area contributed by atoms with E-state index in [1.807, 2.05) is 31.2 Å². The molecule has 0 aliphatic carbocycles. The molecule has 1 saturated heterocycles. The van der Waals surface area contributed by atoms with Gasteiger partial charge in [0, 0.05) is 0 Å². The van der Waals surface area contributed by atoms with E-state index >= 15 is 0 Å². The van der Waals surface area contributed by atoms with Crippen LogP contribution in [0.2, 0.25) is 0 Å². The molecule has 4 amide bonds. The highest BCUT2D eigenvalue weighted by atomic mass is 79.9. The average Bonchev–Trinajstić information content (AvgIpc) is 2.90. The second-order valence-corrected chi connectivity index (χ2v) is 9.39. The molecule has 1 heterocycles. The number of barbiturate groups is 1. The standard InChI is InChI=1S/C29H25BrN2O7/c1-4-38-28(35)20-8-10-21(11-9-20)32-27(34)22(26(33)31-29(32)36)13-19-14-23(30)25(24(15-19)37-3)39-16-18-7-5-6-17(2)12-18/h5-15H,4,16H2,1-3H3,(H,31,33,36)/b22-13+. The first-order chi connectivity index (χ1) is 18.7. The summed E-state index contributed by atoms with van der Waals surface area (Å²) in [6, 6.07) is 16.0. The van der Waals surface area contributed by atoms with Gasteiger partial charge >= 0.3 is 12.0 Å². The number of aryl methyl sites for hydroxylation is 1. The van der Waals surface area contributed by atoms with E-state index in [4.69, 9.17) is 14.2 Å². The lowest BCUT2D eigenvalue weighted by molar-refractivity contribution is -0.122. The zero-order valence-corrected chi connectivity index (χ0v) is 23.0. The van der Waals surface area contributed by atoms with Crippen LogP contribution in [0.1, 0.15) is 34.0 Å². The molecular formula is C29H25BrN2O7. The fourth-order valence-electron chi connectivity index (χ4n) is 3.94. The minimum atomic E-state index is -0.898. The number of nitrogens with zero attached hydrogens (tertiary/aromatic N) is 1. The number of hydrogen-bond donors (Lipinski definition) is 1. The number of hydrogen-bond acceptors (Lipinski definition) is 7. The van der Waals surface area contributed by atoms with Crippen molar-refractivity contribution in [1.82, 2.24) is 5.32 Å². The van der Waals surface area contributed by atoms with Crippen molar-refractivity contribution >= 4 is 51.5 Å². The average molecular weight is 593 g/mol. The number of ether oxygens (including phenoxy) is 3. The van der Waals surface area contributed by atoms with Crippen molar-refractivity contribution in [2.24, 2.45) is 0 Å². The van der Waals surface area contributed by atoms with Crippen LogP contribution in [0.4, 0.5) is 10.5 Å². The maximum Gasteiger partial charge on any atom is 0.338 e. The molecule has 1 aliphatic heterocycles. The van der Waals surface area contributed by atoms with Crippen LogP contribution < -0.4 is 19.7 Å². The van der Waals surface area contributed by atoms with Crippen LogP contribution in [0.5, 0.6) is 11.5 Å². The summed E-state index contributed by atoms with van der Waals surface area (Å²) in [4.78, 5) is 51.2. The highest BCUT2D eigenvalue weighted by molar-refractivity contribution is 9.10. The molecule has 0 aromatic heterocycles. The van der Waals surface area contributed by atoms with Gasteiger partial charge in [0.1, 0.15) is 12.2 Å². The van der Waals surface area contributed by atoms with E-state index in [2.05, 4.69) is 21.2 Å². The van der Waals surface area contributed by atoms with E-state index in [0.717, 1.165) is 16.0 Å². The number of carbonyl (C=O) groups excluding carboxylic acids is 4. The summed E-state index contributed by atoms with van der Waals surface area (Å²) in [5.41, 5.74) is 2.75. The minimum Gasteiger partial charge on any atom is -0.493 e. The van der Waals surface area contributed by atoms with E-state index in [0.29, 0.717) is 28.1 Å². The van der Waals surface area contributed by atoms with Crippen molar-refractivity contribution in [3.05, 3.63) is 93.0 Å². The molecule has 0 spiro atoms. The Labute approximate surface area is 233 Å². The lowest BCUT2D eigenvalue weighted by Crippen LogP contribution is -2.54. The number of nitrogens with one attached hydrogen (secondary N) is 1. The minimum absolute atomic E-state index is 0.183. The van der Waals surface area contributed by atoms with Crippen molar-refractivity contribution in [2.75, 3.05) is 18.6 Å². The van der Waals surface area contributed by atoms with Gasteiger partial charge < -0.3 is 14.2 Å². The molecule has 9 nitrogen and oxygen atoms in total. The highest BCUT2D eigenvalue weighted by Crippen LogP contribution is 2.38. The van der Waals surface area contributed by atoms with Crippen molar-refractivity contribution < 1.29 is 33.4 Å². The number of rotatable bonds is 8. The first-order valence-corrected chi connectivity index (χ1v) is 12.8. The molecule has 0 saturated carbocycles. The zero-order chi connectivity index (χ0) is 28.1. The Balaban J connectivity index is 1.60. The number of imide groups is 2. The number of amides is 4. The topological polar surface area (TPSA) is 111 Å². The number of halogens is 1. The van der Waals surface area contributed by atoms with E-state index in [-0.39, 0.29) is 23.4 Å². The molecule has 1 N–H and O–H groups in total. The van der Waals surface area contributed by atoms with Gasteiger partial charge in [0.15, 0.2) is 11.5 Å². The first kappa shape index (κ1) is 27.6. The zero-order valence-electron chi connectivity index (χ0n) is 21.4. The monoisotopic (exact) mass is 592 g/mol. The molecule has 0 atom stereocenters. The van der Waals surface area contributed by atoms with Gasteiger partial charge in [-0.1, -0.05) is 29.8 Å². The van der Waals surface area contributed by atoms with Gasteiger partial charge in [-0.05, 0) is 83.4 Å². The van der Waals surface area contributed by atoms with Crippen LogP contribution in [-0.4, -0.2) is 37.5 Å². The molecule has 200 valence electrons. The Morgan fingerprint density at radius 3 is 2.46 bits per heavy atom. The Morgan fingerprint density at radius 2 is 1.79 bits per heavy atom. The van der Waals surface area contributed by atoms with Gasteiger partial charge in [-0.3, -0.25) is 14.9 Å². The number of carbonyl (C=O) groups is 4. The summed E-state index contributed by atoms with van der Waals surface area (Å²) in [7, 11) is 1.48. The van der Waals surface area contributed by atoms with Gasteiger partial charge in [0.2, 0.25) is 0 Å². The lowest BCUT2D eigenvalue weighted by Gasteiger charge is -2.26. The van der Waals surface area contributed by atoms with Gasteiger partial charge in [-0.25, -0.2) is 14.5 Å². The van der Waals surface area contributed by atoms with Crippen molar-refractivity contribution in [2.45, 2.75) is 20.5 Å². The van der Waals surface area contributed by atoms with Crippen LogP contribution in [-0.2, 0) is 20.9 Å². The van der Waals surface area contributed by atoms with E-state index in [1.165, 1.54) is 37.5 Å². The van der Waals surface area contributed by atoms with Gasteiger partial charge in [0.25, 0.3) is 11.8 Å². The third kappa shape index (κ3) is 6.18. The van der Waals surface area contributed by atoms with Crippen molar-refractivity contribution in [3.63, 3.8) is 0 Å². The maximum atomic E-state index is 13.3. The SMILES string of the molecule is CCOC(=O)c1ccc(N2C(=O)NC(=O)/C(=C\c3cc(Br)c(OCc4cccc(C)c4)c(OC)c3)C2=O)cc1. The summed E-state index contributed by atoms with van der Waals surface area (Å²) < 4.78 is 17.0. The Kier molecular flexibility index (Phi) is 8.46. The first-order valence-electron chi connectivity index (χ1n) is 12.0. The van der Waals surface area contributed by atoms with Gasteiger partial charge in [-0.2, -0.15) is 0 Å². The summed E-state index contributed by atoms with van der Waals surface area (Å²) in [5.74, 6) is -1.34. The molecule has 3 aromatic rings. The number of urea groups is 1. The fourth-order valence-corrected chi connectivity index (χ4v) is 4.51. The second-order valence-electron chi connectivity index (χ2n) is 8.54. The number of esters is 1. The quantitative estimate of drug-likeness (QED) is 0.218. The highest BCUT2D eigenvalue weighted by Gasteiger charge is 2.37. The summed E-state index contributed by atoms with van der Waals surface area (Å²) >= 11 is 3.49. The van der Waals surface area contributed by atoms with Crippen LogP contribution in [0.25, 0.3) is 6.08 Å². The Morgan fingerprint density at radius 1 is 1.05 bits per heavy atom. The summed E-state index contributed by atoms with van der Waals surface area (Å²) in [5, 5.41) is 2.18. The Hall–Kier alpha value is -4.44. The third-order valence-corrected chi connectivity index (χ3v) is 6.36. The largest absolute Gasteiger partial charge is 0.493 e. The fraction of sp³-hybridized carbons (Fsp3) is 0.172. The maximum absolute atomic E-state index is 13.3. The van der Waals surface area contributed by atoms with Crippen LogP contribution in [0.15, 0.2) is 70.7 Å². The van der Waals surface area contributed by atoms with Crippen LogP contribution >= 0.6 is 15.9 Å². The van der Waals surface area contributed by atoms with Crippen LogP contribution in [0.3, 0.4) is 0 Å². The van der Waals surface area contributed by atoms with Gasteiger partial charge in [0.05, 0.1) is 29.4 Å². The normalized spacial score (nSPS) is 14.3. The predicted octanol–water partition coefficient (Wildman–Crippen LogP) is 5.19. The molecule has 1 aliphatic rings. The summed E-state index contributed by atoms with van der Waals surface area (Å²) in [6.07, 6.45) is 1.36. The molecule has 3 aromatic carbocycles. The van der Waals surface area contributed by atoms with Gasteiger partial charge in [-0.15, -0.1) is 0 Å².